The van der Waals surface area contributed by atoms with E-state index >= 15 is 0 Å². The van der Waals surface area contributed by atoms with E-state index in [1.165, 1.54) is 19.0 Å². The number of nitrogens with zero attached hydrogens (tertiary/aromatic N) is 3. The summed E-state index contributed by atoms with van der Waals surface area (Å²) in [5, 5.41) is 8.74. The van der Waals surface area contributed by atoms with Crippen molar-refractivity contribution in [3.8, 4) is 0 Å². The van der Waals surface area contributed by atoms with Crippen molar-refractivity contribution in [2.45, 2.75) is 12.3 Å². The first-order valence-corrected chi connectivity index (χ1v) is 4.55. The van der Waals surface area contributed by atoms with Crippen molar-refractivity contribution in [3.05, 3.63) is 17.0 Å². The zero-order chi connectivity index (χ0) is 12.5. The maximum Gasteiger partial charge on any atom is 0.418 e. The van der Waals surface area contributed by atoms with Gasteiger partial charge in [-0.05, 0) is 0 Å². The van der Waals surface area contributed by atoms with Crippen molar-refractivity contribution in [2.24, 2.45) is 0 Å². The standard InChI is InChI=1S/C8H9ClF3N3O/c1-15(2)7-4(5(16)8(10,11)12)6(9)13-3-14-7/h3,5,16H,1-2H3/t5-/m0/s1. The molecule has 0 saturated carbocycles. The van der Waals surface area contributed by atoms with E-state index in [-0.39, 0.29) is 5.82 Å². The van der Waals surface area contributed by atoms with Crippen LogP contribution in [-0.4, -0.2) is 35.3 Å². The van der Waals surface area contributed by atoms with Gasteiger partial charge in [-0.15, -0.1) is 0 Å². The molecule has 0 amide bonds. The Balaban J connectivity index is 3.31. The average molecular weight is 256 g/mol. The molecule has 1 aromatic heterocycles. The van der Waals surface area contributed by atoms with Crippen LogP contribution in [0.1, 0.15) is 11.7 Å². The number of aliphatic hydroxyl groups is 1. The molecule has 0 spiro atoms. The summed E-state index contributed by atoms with van der Waals surface area (Å²) in [6.45, 7) is 0. The minimum absolute atomic E-state index is 0.0650. The quantitative estimate of drug-likeness (QED) is 0.819. The maximum absolute atomic E-state index is 12.4. The zero-order valence-electron chi connectivity index (χ0n) is 8.46. The summed E-state index contributed by atoms with van der Waals surface area (Å²) < 4.78 is 37.1. The van der Waals surface area contributed by atoms with Crippen molar-refractivity contribution < 1.29 is 18.3 Å². The van der Waals surface area contributed by atoms with Crippen molar-refractivity contribution in [3.63, 3.8) is 0 Å². The summed E-state index contributed by atoms with van der Waals surface area (Å²) in [6, 6.07) is 0. The molecule has 0 unspecified atom stereocenters. The van der Waals surface area contributed by atoms with E-state index in [0.717, 1.165) is 6.33 Å². The Morgan fingerprint density at radius 1 is 1.38 bits per heavy atom. The summed E-state index contributed by atoms with van der Waals surface area (Å²) in [6.07, 6.45) is -6.47. The minimum atomic E-state index is -4.81. The van der Waals surface area contributed by atoms with Gasteiger partial charge in [-0.1, -0.05) is 11.6 Å². The van der Waals surface area contributed by atoms with Crippen molar-refractivity contribution in [1.29, 1.82) is 0 Å². The fraction of sp³-hybridized carbons (Fsp3) is 0.500. The van der Waals surface area contributed by atoms with Gasteiger partial charge in [-0.25, -0.2) is 9.97 Å². The van der Waals surface area contributed by atoms with E-state index in [1.54, 1.807) is 0 Å². The molecule has 1 N–H and O–H groups in total. The average Bonchev–Trinajstić information content (AvgIpc) is 2.14. The van der Waals surface area contributed by atoms with Crippen LogP contribution in [0.15, 0.2) is 6.33 Å². The van der Waals surface area contributed by atoms with Gasteiger partial charge < -0.3 is 10.0 Å². The van der Waals surface area contributed by atoms with Crippen LogP contribution in [0.3, 0.4) is 0 Å². The highest BCUT2D eigenvalue weighted by molar-refractivity contribution is 6.30. The highest BCUT2D eigenvalue weighted by Gasteiger charge is 2.42. The van der Waals surface area contributed by atoms with Crippen LogP contribution < -0.4 is 4.90 Å². The van der Waals surface area contributed by atoms with Gasteiger partial charge in [-0.3, -0.25) is 0 Å². The Hall–Kier alpha value is -1.08. The molecule has 8 heteroatoms. The molecule has 0 fully saturated rings. The summed E-state index contributed by atoms with van der Waals surface area (Å²) >= 11 is 5.54. The maximum atomic E-state index is 12.4. The van der Waals surface area contributed by atoms with Gasteiger partial charge >= 0.3 is 6.18 Å². The Morgan fingerprint density at radius 3 is 2.38 bits per heavy atom. The Bertz CT molecular complexity index is 383. The fourth-order valence-electron chi connectivity index (χ4n) is 1.12. The number of anilines is 1. The normalized spacial score (nSPS) is 13.7. The molecule has 90 valence electrons. The third kappa shape index (κ3) is 2.53. The third-order valence-corrected chi connectivity index (χ3v) is 2.12. The predicted molar refractivity (Wildman–Crippen MR) is 52.4 cm³/mol. The van der Waals surface area contributed by atoms with Gasteiger partial charge in [0.25, 0.3) is 0 Å². The van der Waals surface area contributed by atoms with Crippen LogP contribution in [0.2, 0.25) is 5.15 Å². The number of hydrogen-bond donors (Lipinski definition) is 1. The number of aromatic nitrogens is 2. The monoisotopic (exact) mass is 255 g/mol. The number of halogens is 4. The molecule has 16 heavy (non-hydrogen) atoms. The van der Waals surface area contributed by atoms with Gasteiger partial charge in [0.1, 0.15) is 17.3 Å². The first kappa shape index (κ1) is 13.0. The molecular formula is C8H9ClF3N3O. The zero-order valence-corrected chi connectivity index (χ0v) is 9.21. The number of aliphatic hydroxyl groups excluding tert-OH is 1. The molecule has 0 aromatic carbocycles. The Morgan fingerprint density at radius 2 is 1.94 bits per heavy atom. The molecule has 4 nitrogen and oxygen atoms in total. The molecule has 1 heterocycles. The van der Waals surface area contributed by atoms with Gasteiger partial charge in [-0.2, -0.15) is 13.2 Å². The lowest BCUT2D eigenvalue weighted by Crippen LogP contribution is -2.24. The number of alkyl halides is 3. The largest absolute Gasteiger partial charge is 0.418 e. The second-order valence-corrected chi connectivity index (χ2v) is 3.60. The minimum Gasteiger partial charge on any atom is -0.379 e. The first-order chi connectivity index (χ1) is 7.25. The molecule has 0 aliphatic rings. The van der Waals surface area contributed by atoms with E-state index in [1.807, 2.05) is 0 Å². The van der Waals surface area contributed by atoms with Gasteiger partial charge in [0.15, 0.2) is 6.10 Å². The smallest absolute Gasteiger partial charge is 0.379 e. The molecular weight excluding hydrogens is 247 g/mol. The van der Waals surface area contributed by atoms with Crippen molar-refractivity contribution >= 4 is 17.4 Å². The lowest BCUT2D eigenvalue weighted by Gasteiger charge is -2.21. The molecule has 0 aliphatic heterocycles. The summed E-state index contributed by atoms with van der Waals surface area (Å²) in [5.41, 5.74) is -0.540. The van der Waals surface area contributed by atoms with Crippen LogP contribution in [-0.2, 0) is 0 Å². The lowest BCUT2D eigenvalue weighted by molar-refractivity contribution is -0.206. The molecule has 1 aromatic rings. The fourth-order valence-corrected chi connectivity index (χ4v) is 1.35. The summed E-state index contributed by atoms with van der Waals surface area (Å²) in [4.78, 5) is 8.39. The molecule has 0 saturated heterocycles. The van der Waals surface area contributed by atoms with E-state index < -0.39 is 23.0 Å². The van der Waals surface area contributed by atoms with E-state index in [0.29, 0.717) is 0 Å². The molecule has 0 bridgehead atoms. The van der Waals surface area contributed by atoms with Crippen LogP contribution in [0.25, 0.3) is 0 Å². The Kier molecular flexibility index (Phi) is 3.59. The second-order valence-electron chi connectivity index (χ2n) is 3.24. The highest BCUT2D eigenvalue weighted by atomic mass is 35.5. The van der Waals surface area contributed by atoms with Gasteiger partial charge in [0.2, 0.25) is 0 Å². The van der Waals surface area contributed by atoms with E-state index in [2.05, 4.69) is 9.97 Å². The molecule has 1 rings (SSSR count). The van der Waals surface area contributed by atoms with Crippen LogP contribution in [0.4, 0.5) is 19.0 Å². The van der Waals surface area contributed by atoms with Crippen LogP contribution in [0.5, 0.6) is 0 Å². The van der Waals surface area contributed by atoms with E-state index in [4.69, 9.17) is 16.7 Å². The molecule has 0 aliphatic carbocycles. The predicted octanol–water partition coefficient (Wildman–Crippen LogP) is 1.79. The lowest BCUT2D eigenvalue weighted by atomic mass is 10.1. The van der Waals surface area contributed by atoms with Crippen molar-refractivity contribution in [1.82, 2.24) is 9.97 Å². The first-order valence-electron chi connectivity index (χ1n) is 4.17. The number of hydrogen-bond acceptors (Lipinski definition) is 4. The van der Waals surface area contributed by atoms with Crippen molar-refractivity contribution in [2.75, 3.05) is 19.0 Å². The van der Waals surface area contributed by atoms with Crippen LogP contribution in [0, 0.1) is 0 Å². The van der Waals surface area contributed by atoms with Crippen LogP contribution >= 0.6 is 11.6 Å². The second kappa shape index (κ2) is 4.42. The Labute approximate surface area is 94.7 Å². The van der Waals surface area contributed by atoms with Gasteiger partial charge in [0, 0.05) is 14.1 Å². The van der Waals surface area contributed by atoms with Gasteiger partial charge in [0.05, 0.1) is 5.56 Å². The highest BCUT2D eigenvalue weighted by Crippen LogP contribution is 2.38. The summed E-state index contributed by atoms with van der Waals surface area (Å²) in [5.74, 6) is -0.0650. The molecule has 0 radical (unpaired) electrons. The topological polar surface area (TPSA) is 49.2 Å². The van der Waals surface area contributed by atoms with E-state index in [9.17, 15) is 13.2 Å². The SMILES string of the molecule is CN(C)c1ncnc(Cl)c1[C@H](O)C(F)(F)F. The third-order valence-electron chi connectivity index (χ3n) is 1.82. The summed E-state index contributed by atoms with van der Waals surface area (Å²) in [7, 11) is 2.98. The molecule has 1 atom stereocenters. The number of rotatable bonds is 2.